The minimum atomic E-state index is -0.334. The molecule has 0 amide bonds. The molecule has 1 aromatic rings. The van der Waals surface area contributed by atoms with Gasteiger partial charge in [-0.25, -0.2) is 0 Å². The summed E-state index contributed by atoms with van der Waals surface area (Å²) in [6.45, 7) is 0. The van der Waals surface area contributed by atoms with E-state index < -0.39 is 0 Å². The molecule has 0 saturated heterocycles. The number of carbonyl (C=O) groups is 2. The Balaban J connectivity index is 2.43. The van der Waals surface area contributed by atoms with Gasteiger partial charge in [-0.15, -0.1) is 0 Å². The van der Waals surface area contributed by atoms with Gasteiger partial charge in [-0.2, -0.15) is 0 Å². The van der Waals surface area contributed by atoms with Gasteiger partial charge in [-0.1, -0.05) is 30.3 Å². The predicted octanol–water partition coefficient (Wildman–Crippen LogP) is 1.39. The smallest absolute Gasteiger partial charge is 0.195 e. The van der Waals surface area contributed by atoms with E-state index in [0.29, 0.717) is 19.1 Å². The SMILES string of the molecule is O=CC(=O)CCc1ccccc1. The topological polar surface area (TPSA) is 34.1 Å². The Labute approximate surface area is 71.2 Å². The Bertz CT molecular complexity index is 264. The van der Waals surface area contributed by atoms with Crippen molar-refractivity contribution >= 4 is 12.1 Å². The van der Waals surface area contributed by atoms with E-state index in [9.17, 15) is 9.59 Å². The third-order valence-corrected chi connectivity index (χ3v) is 1.63. The molecule has 62 valence electrons. The van der Waals surface area contributed by atoms with Gasteiger partial charge in [0.2, 0.25) is 0 Å². The first-order valence-corrected chi connectivity index (χ1v) is 3.85. The number of rotatable bonds is 4. The van der Waals surface area contributed by atoms with Crippen LogP contribution in [0, 0.1) is 0 Å². The number of aryl methyl sites for hydroxylation is 1. The van der Waals surface area contributed by atoms with Crippen LogP contribution in [0.4, 0.5) is 0 Å². The number of Topliss-reactive ketones (excluding diaryl/α,β-unsaturated/α-hetero) is 1. The van der Waals surface area contributed by atoms with Crippen molar-refractivity contribution in [2.24, 2.45) is 0 Å². The second-order valence-electron chi connectivity index (χ2n) is 2.57. The number of benzene rings is 1. The van der Waals surface area contributed by atoms with E-state index >= 15 is 0 Å². The van der Waals surface area contributed by atoms with Crippen LogP contribution >= 0.6 is 0 Å². The second kappa shape index (κ2) is 4.44. The molecule has 0 aliphatic carbocycles. The van der Waals surface area contributed by atoms with Crippen LogP contribution < -0.4 is 0 Å². The number of hydrogen-bond acceptors (Lipinski definition) is 2. The normalized spacial score (nSPS) is 9.33. The molecule has 0 aliphatic rings. The highest BCUT2D eigenvalue weighted by atomic mass is 16.2. The van der Waals surface area contributed by atoms with Crippen molar-refractivity contribution in [2.45, 2.75) is 12.8 Å². The van der Waals surface area contributed by atoms with Gasteiger partial charge in [0.25, 0.3) is 0 Å². The summed E-state index contributed by atoms with van der Waals surface area (Å²) in [4.78, 5) is 20.6. The fourth-order valence-corrected chi connectivity index (χ4v) is 0.971. The van der Waals surface area contributed by atoms with Crippen LogP contribution in [0.3, 0.4) is 0 Å². The summed E-state index contributed by atoms with van der Waals surface area (Å²) in [6.07, 6.45) is 1.34. The van der Waals surface area contributed by atoms with Gasteiger partial charge in [-0.3, -0.25) is 9.59 Å². The molecule has 0 aromatic heterocycles. The van der Waals surface area contributed by atoms with E-state index in [2.05, 4.69) is 0 Å². The maximum absolute atomic E-state index is 10.6. The zero-order valence-corrected chi connectivity index (χ0v) is 6.69. The molecule has 0 bridgehead atoms. The Hall–Kier alpha value is -1.44. The van der Waals surface area contributed by atoms with Crippen molar-refractivity contribution in [3.63, 3.8) is 0 Å². The summed E-state index contributed by atoms with van der Waals surface area (Å²) in [5, 5.41) is 0. The van der Waals surface area contributed by atoms with Crippen LogP contribution in [-0.4, -0.2) is 12.1 Å². The van der Waals surface area contributed by atoms with Gasteiger partial charge in [0, 0.05) is 6.42 Å². The molecular formula is C10H10O2. The summed E-state index contributed by atoms with van der Waals surface area (Å²) in [6, 6.07) is 9.64. The van der Waals surface area contributed by atoms with E-state index in [1.807, 2.05) is 30.3 Å². The number of aldehydes is 1. The largest absolute Gasteiger partial charge is 0.295 e. The van der Waals surface area contributed by atoms with E-state index in [1.54, 1.807) is 0 Å². The zero-order valence-electron chi connectivity index (χ0n) is 6.69. The minimum absolute atomic E-state index is 0.313. The van der Waals surface area contributed by atoms with E-state index in [4.69, 9.17) is 0 Å². The lowest BCUT2D eigenvalue weighted by atomic mass is 10.1. The maximum atomic E-state index is 10.6. The molecular weight excluding hydrogens is 152 g/mol. The Morgan fingerprint density at radius 2 is 1.92 bits per heavy atom. The number of ketones is 1. The molecule has 0 N–H and O–H groups in total. The van der Waals surface area contributed by atoms with Crippen molar-refractivity contribution in [1.29, 1.82) is 0 Å². The van der Waals surface area contributed by atoms with Crippen LogP contribution in [-0.2, 0) is 16.0 Å². The lowest BCUT2D eigenvalue weighted by Crippen LogP contribution is -2.00. The van der Waals surface area contributed by atoms with Crippen molar-refractivity contribution < 1.29 is 9.59 Å². The van der Waals surface area contributed by atoms with Crippen LogP contribution in [0.5, 0.6) is 0 Å². The molecule has 0 saturated carbocycles. The maximum Gasteiger partial charge on any atom is 0.195 e. The molecule has 0 radical (unpaired) electrons. The lowest BCUT2D eigenvalue weighted by molar-refractivity contribution is -0.129. The molecule has 0 fully saturated rings. The second-order valence-corrected chi connectivity index (χ2v) is 2.57. The van der Waals surface area contributed by atoms with Crippen LogP contribution in [0.15, 0.2) is 30.3 Å². The van der Waals surface area contributed by atoms with Crippen molar-refractivity contribution in [3.05, 3.63) is 35.9 Å². The third kappa shape index (κ3) is 2.66. The summed E-state index contributed by atoms with van der Waals surface area (Å²) in [5.41, 5.74) is 1.09. The number of carbonyl (C=O) groups excluding carboxylic acids is 2. The van der Waals surface area contributed by atoms with E-state index in [1.165, 1.54) is 0 Å². The van der Waals surface area contributed by atoms with Crippen LogP contribution in [0.25, 0.3) is 0 Å². The zero-order chi connectivity index (χ0) is 8.81. The molecule has 0 spiro atoms. The molecule has 1 aromatic carbocycles. The van der Waals surface area contributed by atoms with E-state index in [-0.39, 0.29) is 5.78 Å². The first kappa shape index (κ1) is 8.65. The number of hydrogen-bond donors (Lipinski definition) is 0. The van der Waals surface area contributed by atoms with Gasteiger partial charge in [0.05, 0.1) is 0 Å². The monoisotopic (exact) mass is 162 g/mol. The summed E-state index contributed by atoms with van der Waals surface area (Å²) in [7, 11) is 0. The standard InChI is InChI=1S/C10H10O2/c11-8-10(12)7-6-9-4-2-1-3-5-9/h1-5,8H,6-7H2. The van der Waals surface area contributed by atoms with Crippen molar-refractivity contribution in [3.8, 4) is 0 Å². The quantitative estimate of drug-likeness (QED) is 0.495. The Morgan fingerprint density at radius 1 is 1.25 bits per heavy atom. The van der Waals surface area contributed by atoms with Gasteiger partial charge in [0.1, 0.15) is 0 Å². The molecule has 2 nitrogen and oxygen atoms in total. The van der Waals surface area contributed by atoms with Gasteiger partial charge in [-0.05, 0) is 12.0 Å². The molecule has 2 heteroatoms. The van der Waals surface area contributed by atoms with E-state index in [0.717, 1.165) is 5.56 Å². The fraction of sp³-hybridized carbons (Fsp3) is 0.200. The molecule has 0 unspecified atom stereocenters. The van der Waals surface area contributed by atoms with Crippen molar-refractivity contribution in [1.82, 2.24) is 0 Å². The first-order valence-electron chi connectivity index (χ1n) is 3.85. The first-order chi connectivity index (χ1) is 5.83. The predicted molar refractivity (Wildman–Crippen MR) is 45.8 cm³/mol. The molecule has 0 aliphatic heterocycles. The Morgan fingerprint density at radius 3 is 2.50 bits per heavy atom. The average molecular weight is 162 g/mol. The molecule has 12 heavy (non-hydrogen) atoms. The highest BCUT2D eigenvalue weighted by Crippen LogP contribution is 2.01. The molecule has 0 heterocycles. The summed E-state index contributed by atoms with van der Waals surface area (Å²) in [5.74, 6) is -0.334. The van der Waals surface area contributed by atoms with Crippen LogP contribution in [0.1, 0.15) is 12.0 Å². The highest BCUT2D eigenvalue weighted by molar-refractivity contribution is 6.24. The van der Waals surface area contributed by atoms with Crippen molar-refractivity contribution in [2.75, 3.05) is 0 Å². The lowest BCUT2D eigenvalue weighted by Gasteiger charge is -1.95. The molecule has 1 rings (SSSR count). The minimum Gasteiger partial charge on any atom is -0.295 e. The third-order valence-electron chi connectivity index (χ3n) is 1.63. The van der Waals surface area contributed by atoms with Gasteiger partial charge in [0.15, 0.2) is 12.1 Å². The van der Waals surface area contributed by atoms with Gasteiger partial charge < -0.3 is 0 Å². The molecule has 0 atom stereocenters. The highest BCUT2D eigenvalue weighted by Gasteiger charge is 1.98. The van der Waals surface area contributed by atoms with Crippen LogP contribution in [0.2, 0.25) is 0 Å². The van der Waals surface area contributed by atoms with Gasteiger partial charge >= 0.3 is 0 Å². The fourth-order valence-electron chi connectivity index (χ4n) is 0.971. The average Bonchev–Trinajstić information content (AvgIpc) is 2.16. The summed E-state index contributed by atoms with van der Waals surface area (Å²) < 4.78 is 0. The summed E-state index contributed by atoms with van der Waals surface area (Å²) >= 11 is 0. The Kier molecular flexibility index (Phi) is 3.20.